The lowest BCUT2D eigenvalue weighted by Crippen LogP contribution is -2.30. The molecule has 1 N–H and O–H groups in total. The standard InChI is InChI=1S/C21H17N3O5/c1-12-5-7-13(8-6-12)19-18-14(20(26)22-11-17(25)27-2)10-15(16-4-3-9-28-16)23-21(18)29-24-19/h3-10H,11H2,1-2H3,(H,22,26). The van der Waals surface area contributed by atoms with Crippen LogP contribution in [0, 0.1) is 6.92 Å². The number of hydrogen-bond acceptors (Lipinski definition) is 7. The molecule has 4 rings (SSSR count). The number of carbonyl (C=O) groups is 2. The van der Waals surface area contributed by atoms with Gasteiger partial charge in [0.05, 0.1) is 24.3 Å². The normalized spacial score (nSPS) is 10.8. The van der Waals surface area contributed by atoms with E-state index in [4.69, 9.17) is 8.94 Å². The summed E-state index contributed by atoms with van der Waals surface area (Å²) in [6, 6.07) is 12.7. The summed E-state index contributed by atoms with van der Waals surface area (Å²) < 4.78 is 15.4. The summed E-state index contributed by atoms with van der Waals surface area (Å²) in [6.45, 7) is 1.72. The Morgan fingerprint density at radius 2 is 1.97 bits per heavy atom. The van der Waals surface area contributed by atoms with Crippen molar-refractivity contribution in [3.8, 4) is 22.7 Å². The number of fused-ring (bicyclic) bond motifs is 1. The molecule has 0 aliphatic heterocycles. The highest BCUT2D eigenvalue weighted by Crippen LogP contribution is 2.32. The predicted molar refractivity (Wildman–Crippen MR) is 104 cm³/mol. The van der Waals surface area contributed by atoms with Crippen LogP contribution >= 0.6 is 0 Å². The van der Waals surface area contributed by atoms with Gasteiger partial charge in [0.2, 0.25) is 0 Å². The van der Waals surface area contributed by atoms with Gasteiger partial charge in [0.1, 0.15) is 17.9 Å². The number of carbonyl (C=O) groups excluding carboxylic acids is 2. The molecule has 3 heterocycles. The third-order valence-corrected chi connectivity index (χ3v) is 4.41. The van der Waals surface area contributed by atoms with E-state index in [2.05, 4.69) is 20.2 Å². The number of aryl methyl sites for hydroxylation is 1. The Bertz CT molecular complexity index is 1180. The number of esters is 1. The second-order valence-corrected chi connectivity index (χ2v) is 6.37. The fourth-order valence-corrected chi connectivity index (χ4v) is 2.91. The largest absolute Gasteiger partial charge is 0.468 e. The van der Waals surface area contributed by atoms with Crippen LogP contribution in [0.25, 0.3) is 33.8 Å². The summed E-state index contributed by atoms with van der Waals surface area (Å²) in [7, 11) is 1.25. The molecule has 0 aliphatic rings. The van der Waals surface area contributed by atoms with Crippen molar-refractivity contribution in [2.45, 2.75) is 6.92 Å². The number of benzene rings is 1. The SMILES string of the molecule is COC(=O)CNC(=O)c1cc(-c2ccco2)nc2onc(-c3ccc(C)cc3)c12. The van der Waals surface area contributed by atoms with Crippen LogP contribution in [0.15, 0.2) is 57.7 Å². The first kappa shape index (κ1) is 18.4. The summed E-state index contributed by atoms with van der Waals surface area (Å²) in [5.41, 5.74) is 3.23. The van der Waals surface area contributed by atoms with E-state index in [-0.39, 0.29) is 17.8 Å². The van der Waals surface area contributed by atoms with Crippen molar-refractivity contribution in [3.63, 3.8) is 0 Å². The molecule has 1 aromatic carbocycles. The number of pyridine rings is 1. The number of hydrogen-bond donors (Lipinski definition) is 1. The van der Waals surface area contributed by atoms with Crippen LogP contribution in [0.4, 0.5) is 0 Å². The molecule has 0 unspecified atom stereocenters. The lowest BCUT2D eigenvalue weighted by atomic mass is 10.0. The highest BCUT2D eigenvalue weighted by molar-refractivity contribution is 6.10. The minimum absolute atomic E-state index is 0.192. The predicted octanol–water partition coefficient (Wildman–Crippen LogP) is 3.36. The Morgan fingerprint density at radius 3 is 2.66 bits per heavy atom. The van der Waals surface area contributed by atoms with E-state index in [1.807, 2.05) is 31.2 Å². The molecule has 3 aromatic heterocycles. The van der Waals surface area contributed by atoms with Gasteiger partial charge in [-0.15, -0.1) is 0 Å². The molecule has 0 fully saturated rings. The molecule has 146 valence electrons. The van der Waals surface area contributed by atoms with E-state index in [0.29, 0.717) is 22.5 Å². The molecule has 0 aliphatic carbocycles. The minimum atomic E-state index is -0.556. The van der Waals surface area contributed by atoms with Gasteiger partial charge >= 0.3 is 5.97 Å². The van der Waals surface area contributed by atoms with Crippen LogP contribution < -0.4 is 5.32 Å². The molecule has 8 nitrogen and oxygen atoms in total. The molecular weight excluding hydrogens is 374 g/mol. The van der Waals surface area contributed by atoms with Crippen molar-refractivity contribution in [2.24, 2.45) is 0 Å². The highest BCUT2D eigenvalue weighted by Gasteiger charge is 2.23. The molecule has 1 amide bonds. The van der Waals surface area contributed by atoms with Crippen molar-refractivity contribution in [2.75, 3.05) is 13.7 Å². The monoisotopic (exact) mass is 391 g/mol. The molecule has 0 spiro atoms. The Hall–Kier alpha value is -3.94. The molecule has 0 atom stereocenters. The van der Waals surface area contributed by atoms with Crippen molar-refractivity contribution in [3.05, 3.63) is 59.9 Å². The molecule has 0 bridgehead atoms. The van der Waals surface area contributed by atoms with E-state index in [1.54, 1.807) is 18.2 Å². The number of furan rings is 1. The van der Waals surface area contributed by atoms with Crippen LogP contribution in [0.5, 0.6) is 0 Å². The number of nitrogens with one attached hydrogen (secondary N) is 1. The minimum Gasteiger partial charge on any atom is -0.468 e. The van der Waals surface area contributed by atoms with Crippen LogP contribution in [0.2, 0.25) is 0 Å². The third kappa shape index (κ3) is 3.60. The van der Waals surface area contributed by atoms with Gasteiger partial charge in [-0.3, -0.25) is 9.59 Å². The summed E-state index contributed by atoms with van der Waals surface area (Å²) >= 11 is 0. The first-order valence-electron chi connectivity index (χ1n) is 8.83. The van der Waals surface area contributed by atoms with E-state index in [1.165, 1.54) is 13.4 Å². The van der Waals surface area contributed by atoms with Crippen molar-refractivity contribution < 1.29 is 23.3 Å². The van der Waals surface area contributed by atoms with Crippen molar-refractivity contribution in [1.29, 1.82) is 0 Å². The quantitative estimate of drug-likeness (QED) is 0.520. The number of methoxy groups -OCH3 is 1. The molecule has 0 radical (unpaired) electrons. The van der Waals surface area contributed by atoms with E-state index < -0.39 is 11.9 Å². The summed E-state index contributed by atoms with van der Waals surface area (Å²) in [5.74, 6) is -0.562. The Morgan fingerprint density at radius 1 is 1.17 bits per heavy atom. The Balaban J connectivity index is 1.86. The Labute approximate surface area is 165 Å². The van der Waals surface area contributed by atoms with Crippen LogP contribution in [0.1, 0.15) is 15.9 Å². The second-order valence-electron chi connectivity index (χ2n) is 6.37. The average molecular weight is 391 g/mol. The lowest BCUT2D eigenvalue weighted by Gasteiger charge is -2.07. The zero-order chi connectivity index (χ0) is 20.4. The first-order valence-corrected chi connectivity index (χ1v) is 8.83. The van der Waals surface area contributed by atoms with Crippen LogP contribution in [-0.2, 0) is 9.53 Å². The van der Waals surface area contributed by atoms with Gasteiger partial charge in [-0.1, -0.05) is 35.0 Å². The number of rotatable bonds is 5. The highest BCUT2D eigenvalue weighted by atomic mass is 16.5. The molecule has 0 saturated heterocycles. The second kappa shape index (κ2) is 7.59. The van der Waals surface area contributed by atoms with Gasteiger partial charge in [-0.2, -0.15) is 0 Å². The van der Waals surface area contributed by atoms with Crippen LogP contribution in [-0.4, -0.2) is 35.7 Å². The van der Waals surface area contributed by atoms with Gasteiger partial charge in [-0.05, 0) is 25.1 Å². The maximum atomic E-state index is 12.9. The first-order chi connectivity index (χ1) is 14.1. The average Bonchev–Trinajstić information content (AvgIpc) is 3.41. The summed E-state index contributed by atoms with van der Waals surface area (Å²) in [6.07, 6.45) is 1.51. The fraction of sp³-hybridized carbons (Fsp3) is 0.143. The zero-order valence-electron chi connectivity index (χ0n) is 15.8. The smallest absolute Gasteiger partial charge is 0.325 e. The number of nitrogens with zero attached hydrogens (tertiary/aromatic N) is 2. The van der Waals surface area contributed by atoms with Gasteiger partial charge in [0.25, 0.3) is 11.6 Å². The maximum Gasteiger partial charge on any atom is 0.325 e. The molecule has 4 aromatic rings. The van der Waals surface area contributed by atoms with Crippen molar-refractivity contribution in [1.82, 2.24) is 15.5 Å². The summed E-state index contributed by atoms with van der Waals surface area (Å²) in [4.78, 5) is 28.8. The fourth-order valence-electron chi connectivity index (χ4n) is 2.91. The summed E-state index contributed by atoms with van der Waals surface area (Å²) in [5, 5.41) is 7.13. The van der Waals surface area contributed by atoms with Gasteiger partial charge in [0, 0.05) is 5.56 Å². The van der Waals surface area contributed by atoms with E-state index >= 15 is 0 Å². The van der Waals surface area contributed by atoms with E-state index in [0.717, 1.165) is 11.1 Å². The Kier molecular flexibility index (Phi) is 4.82. The van der Waals surface area contributed by atoms with Gasteiger partial charge < -0.3 is 19.0 Å². The maximum absolute atomic E-state index is 12.9. The number of amides is 1. The molecule has 29 heavy (non-hydrogen) atoms. The van der Waals surface area contributed by atoms with E-state index in [9.17, 15) is 9.59 Å². The third-order valence-electron chi connectivity index (χ3n) is 4.41. The topological polar surface area (TPSA) is 107 Å². The van der Waals surface area contributed by atoms with Gasteiger partial charge in [-0.25, -0.2) is 4.98 Å². The van der Waals surface area contributed by atoms with Crippen LogP contribution in [0.3, 0.4) is 0 Å². The molecular formula is C21H17N3O5. The lowest BCUT2D eigenvalue weighted by molar-refractivity contribution is -0.139. The molecule has 8 heteroatoms. The molecule has 0 saturated carbocycles. The zero-order valence-corrected chi connectivity index (χ0v) is 15.8. The van der Waals surface area contributed by atoms with Crippen molar-refractivity contribution >= 4 is 23.0 Å². The van der Waals surface area contributed by atoms with Gasteiger partial charge in [0.15, 0.2) is 5.76 Å². The number of ether oxygens (including phenoxy) is 1. The number of aromatic nitrogens is 2.